The molecule has 0 aliphatic carbocycles. The highest BCUT2D eigenvalue weighted by Gasteiger charge is 2.16. The number of methoxy groups -OCH3 is 1. The van der Waals surface area contributed by atoms with Gasteiger partial charge in [-0.25, -0.2) is 0 Å². The third-order valence-electron chi connectivity index (χ3n) is 1.42. The minimum atomic E-state index is -3.65. The van der Waals surface area contributed by atoms with Gasteiger partial charge in [0.15, 0.2) is 0 Å². The highest BCUT2D eigenvalue weighted by molar-refractivity contribution is 7.87. The molecule has 0 atom stereocenters. The van der Waals surface area contributed by atoms with Gasteiger partial charge in [0, 0.05) is 13.6 Å². The number of hydrazine groups is 1. The minimum absolute atomic E-state index is 0.00604. The molecule has 0 bridgehead atoms. The molecule has 0 aromatic heterocycles. The summed E-state index contributed by atoms with van der Waals surface area (Å²) in [6.07, 6.45) is -0.00604. The van der Waals surface area contributed by atoms with Crippen molar-refractivity contribution in [1.82, 2.24) is 9.14 Å². The van der Waals surface area contributed by atoms with E-state index in [2.05, 4.69) is 4.74 Å². The predicted molar refractivity (Wildman–Crippen MR) is 45.5 cm³/mol. The van der Waals surface area contributed by atoms with Crippen molar-refractivity contribution in [2.45, 2.75) is 6.42 Å². The lowest BCUT2D eigenvalue weighted by atomic mass is 10.4. The number of hydrogen-bond donors (Lipinski definition) is 2. The lowest BCUT2D eigenvalue weighted by Gasteiger charge is -2.14. The number of nitrogens with zero attached hydrogens (tertiary/aromatic N) is 1. The van der Waals surface area contributed by atoms with Gasteiger partial charge < -0.3 is 4.74 Å². The first-order valence-corrected chi connectivity index (χ1v) is 4.88. The van der Waals surface area contributed by atoms with E-state index in [1.54, 1.807) is 4.83 Å². The number of ether oxygens (including phenoxy) is 1. The number of nitrogens with two attached hydrogens (primary N) is 1. The second kappa shape index (κ2) is 5.12. The maximum Gasteiger partial charge on any atom is 0.306 e. The summed E-state index contributed by atoms with van der Waals surface area (Å²) >= 11 is 0. The Morgan fingerprint density at radius 3 is 2.54 bits per heavy atom. The number of carbonyl (C=O) groups excluding carboxylic acids is 1. The van der Waals surface area contributed by atoms with Crippen molar-refractivity contribution in [2.75, 3.05) is 20.7 Å². The van der Waals surface area contributed by atoms with E-state index in [0.29, 0.717) is 0 Å². The van der Waals surface area contributed by atoms with Crippen molar-refractivity contribution in [3.8, 4) is 0 Å². The van der Waals surface area contributed by atoms with Crippen LogP contribution in [0.3, 0.4) is 0 Å². The summed E-state index contributed by atoms with van der Waals surface area (Å²) in [5, 5.41) is 0. The van der Waals surface area contributed by atoms with E-state index >= 15 is 0 Å². The molecule has 13 heavy (non-hydrogen) atoms. The molecule has 0 rings (SSSR count). The summed E-state index contributed by atoms with van der Waals surface area (Å²) in [4.78, 5) is 12.3. The van der Waals surface area contributed by atoms with Crippen molar-refractivity contribution in [2.24, 2.45) is 5.84 Å². The van der Waals surface area contributed by atoms with Crippen molar-refractivity contribution < 1.29 is 17.9 Å². The average Bonchev–Trinajstić information content (AvgIpc) is 2.13. The second-order valence-electron chi connectivity index (χ2n) is 2.27. The van der Waals surface area contributed by atoms with Crippen LogP contribution in [0.2, 0.25) is 0 Å². The van der Waals surface area contributed by atoms with Gasteiger partial charge in [-0.1, -0.05) is 0 Å². The predicted octanol–water partition coefficient (Wildman–Crippen LogP) is -1.81. The number of esters is 1. The van der Waals surface area contributed by atoms with Gasteiger partial charge in [0.05, 0.1) is 13.5 Å². The molecule has 8 heteroatoms. The van der Waals surface area contributed by atoms with E-state index in [9.17, 15) is 13.2 Å². The van der Waals surface area contributed by atoms with Gasteiger partial charge in [-0.05, 0) is 0 Å². The van der Waals surface area contributed by atoms with Crippen LogP contribution in [-0.4, -0.2) is 39.4 Å². The monoisotopic (exact) mass is 211 g/mol. The van der Waals surface area contributed by atoms with Crippen LogP contribution in [0, 0.1) is 0 Å². The van der Waals surface area contributed by atoms with E-state index in [1.807, 2.05) is 0 Å². The smallest absolute Gasteiger partial charge is 0.306 e. The molecular formula is C5H13N3O4S. The summed E-state index contributed by atoms with van der Waals surface area (Å²) in [6, 6.07) is 0. The van der Waals surface area contributed by atoms with Gasteiger partial charge in [0.1, 0.15) is 0 Å². The molecule has 0 unspecified atom stereocenters. The number of hydrogen-bond acceptors (Lipinski definition) is 5. The van der Waals surface area contributed by atoms with Crippen LogP contribution in [0.4, 0.5) is 0 Å². The number of rotatable bonds is 5. The minimum Gasteiger partial charge on any atom is -0.469 e. The van der Waals surface area contributed by atoms with Crippen LogP contribution < -0.4 is 10.7 Å². The van der Waals surface area contributed by atoms with Gasteiger partial charge >= 0.3 is 5.97 Å². The van der Waals surface area contributed by atoms with Gasteiger partial charge in [-0.2, -0.15) is 12.7 Å². The molecule has 0 fully saturated rings. The van der Waals surface area contributed by atoms with E-state index in [0.717, 1.165) is 4.31 Å². The Balaban J connectivity index is 4.02. The van der Waals surface area contributed by atoms with Crippen LogP contribution in [0.15, 0.2) is 0 Å². The molecule has 0 saturated carbocycles. The SMILES string of the molecule is COC(=O)CCN(C)S(=O)(=O)NN. The molecule has 0 aliphatic heterocycles. The molecule has 0 amide bonds. The largest absolute Gasteiger partial charge is 0.469 e. The topological polar surface area (TPSA) is 102 Å². The quantitative estimate of drug-likeness (QED) is 0.317. The van der Waals surface area contributed by atoms with Crippen molar-refractivity contribution in [3.63, 3.8) is 0 Å². The molecule has 0 radical (unpaired) electrons. The van der Waals surface area contributed by atoms with Crippen molar-refractivity contribution >= 4 is 16.2 Å². The fraction of sp³-hybridized carbons (Fsp3) is 0.800. The van der Waals surface area contributed by atoms with E-state index in [1.165, 1.54) is 14.2 Å². The lowest BCUT2D eigenvalue weighted by Crippen LogP contribution is -2.42. The molecule has 0 aromatic rings. The van der Waals surface area contributed by atoms with Crippen LogP contribution >= 0.6 is 0 Å². The number of nitrogens with one attached hydrogen (secondary N) is 1. The van der Waals surface area contributed by atoms with Crippen molar-refractivity contribution in [1.29, 1.82) is 0 Å². The number of carbonyl (C=O) groups is 1. The Labute approximate surface area is 77.0 Å². The Bertz CT molecular complexity index is 263. The molecule has 0 aromatic carbocycles. The van der Waals surface area contributed by atoms with Crippen LogP contribution in [0.5, 0.6) is 0 Å². The van der Waals surface area contributed by atoms with E-state index in [4.69, 9.17) is 5.84 Å². The first-order valence-electron chi connectivity index (χ1n) is 3.44. The van der Waals surface area contributed by atoms with Crippen LogP contribution in [0.25, 0.3) is 0 Å². The molecule has 7 nitrogen and oxygen atoms in total. The zero-order chi connectivity index (χ0) is 10.5. The Morgan fingerprint density at radius 2 is 2.15 bits per heavy atom. The molecule has 78 valence electrons. The van der Waals surface area contributed by atoms with Gasteiger partial charge in [-0.3, -0.25) is 10.6 Å². The first kappa shape index (κ1) is 12.3. The normalized spacial score (nSPS) is 11.7. The molecular weight excluding hydrogens is 198 g/mol. The molecule has 0 saturated heterocycles. The van der Waals surface area contributed by atoms with Crippen molar-refractivity contribution in [3.05, 3.63) is 0 Å². The summed E-state index contributed by atoms with van der Waals surface area (Å²) < 4.78 is 27.1. The van der Waals surface area contributed by atoms with Crippen LogP contribution in [0.1, 0.15) is 6.42 Å². The van der Waals surface area contributed by atoms with Crippen LogP contribution in [-0.2, 0) is 19.7 Å². The lowest BCUT2D eigenvalue weighted by molar-refractivity contribution is -0.140. The van der Waals surface area contributed by atoms with Gasteiger partial charge in [0.25, 0.3) is 10.2 Å². The fourth-order valence-corrected chi connectivity index (χ4v) is 1.07. The highest BCUT2D eigenvalue weighted by Crippen LogP contribution is 1.94. The van der Waals surface area contributed by atoms with E-state index < -0.39 is 16.2 Å². The fourth-order valence-electron chi connectivity index (χ4n) is 0.561. The zero-order valence-electron chi connectivity index (χ0n) is 7.48. The third-order valence-corrected chi connectivity index (χ3v) is 2.72. The summed E-state index contributed by atoms with van der Waals surface area (Å²) in [5.41, 5.74) is 0. The molecule has 0 aliphatic rings. The van der Waals surface area contributed by atoms with Gasteiger partial charge in [0.2, 0.25) is 0 Å². The standard InChI is InChI=1S/C5H13N3O4S/c1-8(13(10,11)7-6)4-3-5(9)12-2/h7H,3-4,6H2,1-2H3. The van der Waals surface area contributed by atoms with E-state index in [-0.39, 0.29) is 13.0 Å². The highest BCUT2D eigenvalue weighted by atomic mass is 32.2. The maximum atomic E-state index is 10.9. The Kier molecular flexibility index (Phi) is 4.85. The average molecular weight is 211 g/mol. The Morgan fingerprint density at radius 1 is 1.62 bits per heavy atom. The molecule has 0 heterocycles. The Hall–Kier alpha value is -0.700. The second-order valence-corrected chi connectivity index (χ2v) is 4.08. The third kappa shape index (κ3) is 4.18. The summed E-state index contributed by atoms with van der Waals surface area (Å²) in [5.74, 6) is 4.28. The molecule has 3 N–H and O–H groups in total. The summed E-state index contributed by atoms with van der Waals surface area (Å²) in [7, 11) is -1.11. The first-order chi connectivity index (χ1) is 5.94. The maximum absolute atomic E-state index is 10.9. The molecule has 0 spiro atoms. The van der Waals surface area contributed by atoms with Gasteiger partial charge in [-0.15, -0.1) is 4.83 Å². The summed E-state index contributed by atoms with van der Waals surface area (Å²) in [6.45, 7) is 0.0270. The zero-order valence-corrected chi connectivity index (χ0v) is 8.30.